The zero-order valence-corrected chi connectivity index (χ0v) is 20.3. The molecule has 34 heavy (non-hydrogen) atoms. The first kappa shape index (κ1) is 23.8. The first-order valence-corrected chi connectivity index (χ1v) is 12.1. The van der Waals surface area contributed by atoms with E-state index in [-0.39, 0.29) is 12.8 Å². The van der Waals surface area contributed by atoms with Crippen molar-refractivity contribution in [2.24, 2.45) is 11.8 Å². The molecular weight excluding hydrogens is 432 g/mol. The fourth-order valence-electron chi connectivity index (χ4n) is 4.83. The van der Waals surface area contributed by atoms with Gasteiger partial charge in [0.25, 0.3) is 0 Å². The third-order valence-corrected chi connectivity index (χ3v) is 6.88. The average molecular weight is 465 g/mol. The number of nitrogens with zero attached hydrogens (tertiary/aromatic N) is 2. The van der Waals surface area contributed by atoms with Gasteiger partial charge >= 0.3 is 11.9 Å². The molecule has 7 nitrogen and oxygen atoms in total. The number of ketones is 1. The number of carbonyl (C=O) groups excluding carboxylic acids is 3. The van der Waals surface area contributed by atoms with Crippen molar-refractivity contribution in [1.82, 2.24) is 0 Å². The van der Waals surface area contributed by atoms with Crippen LogP contribution < -0.4 is 19.3 Å². The van der Waals surface area contributed by atoms with Crippen molar-refractivity contribution in [2.75, 3.05) is 36.0 Å². The van der Waals surface area contributed by atoms with Crippen molar-refractivity contribution in [1.29, 1.82) is 0 Å². The molecule has 2 unspecified atom stereocenters. The Labute approximate surface area is 200 Å². The van der Waals surface area contributed by atoms with Gasteiger partial charge in [-0.1, -0.05) is 12.1 Å². The summed E-state index contributed by atoms with van der Waals surface area (Å²) in [6, 6.07) is 11.5. The Hall–Kier alpha value is -3.35. The lowest BCUT2D eigenvalue weighted by Crippen LogP contribution is -2.43. The third-order valence-electron chi connectivity index (χ3n) is 6.88. The van der Waals surface area contributed by atoms with E-state index in [1.807, 2.05) is 36.4 Å². The van der Waals surface area contributed by atoms with Crippen LogP contribution in [0.25, 0.3) is 0 Å². The average Bonchev–Trinajstić information content (AvgIpc) is 2.84. The molecule has 2 atom stereocenters. The minimum atomic E-state index is -1.01. The topological polar surface area (TPSA) is 76.2 Å². The molecule has 0 spiro atoms. The number of rotatable bonds is 8. The van der Waals surface area contributed by atoms with Crippen molar-refractivity contribution in [3.05, 3.63) is 47.5 Å². The molecule has 0 aromatic heterocycles. The van der Waals surface area contributed by atoms with Crippen molar-refractivity contribution in [2.45, 2.75) is 40.5 Å². The SMILES string of the molecule is CCN(CC)c1ccc2c(c1)OC(=O)C(C(=O)C1Cc3ccc(N(CC)CC)cc3OC1=O)C2. The summed E-state index contributed by atoms with van der Waals surface area (Å²) in [4.78, 5) is 43.2. The maximum atomic E-state index is 13.3. The molecule has 2 aliphatic heterocycles. The molecule has 0 amide bonds. The van der Waals surface area contributed by atoms with Crippen LogP contribution in [0.5, 0.6) is 11.5 Å². The van der Waals surface area contributed by atoms with Gasteiger partial charge in [-0.2, -0.15) is 0 Å². The minimum Gasteiger partial charge on any atom is -0.426 e. The summed E-state index contributed by atoms with van der Waals surface area (Å²) in [5.74, 6) is -2.71. The third kappa shape index (κ3) is 4.39. The molecule has 0 N–H and O–H groups in total. The van der Waals surface area contributed by atoms with Crippen LogP contribution in [0.2, 0.25) is 0 Å². The fourth-order valence-corrected chi connectivity index (χ4v) is 4.83. The van der Waals surface area contributed by atoms with E-state index < -0.39 is 29.6 Å². The summed E-state index contributed by atoms with van der Waals surface area (Å²) in [6.45, 7) is 11.6. The fraction of sp³-hybridized carbons (Fsp3) is 0.444. The Morgan fingerprint density at radius 1 is 0.735 bits per heavy atom. The van der Waals surface area contributed by atoms with E-state index in [1.165, 1.54) is 0 Å². The van der Waals surface area contributed by atoms with Crippen molar-refractivity contribution in [3.8, 4) is 11.5 Å². The van der Waals surface area contributed by atoms with Gasteiger partial charge in [-0.3, -0.25) is 14.4 Å². The van der Waals surface area contributed by atoms with Gasteiger partial charge in [0.05, 0.1) is 0 Å². The Morgan fingerprint density at radius 3 is 1.47 bits per heavy atom. The molecule has 4 rings (SSSR count). The zero-order valence-electron chi connectivity index (χ0n) is 20.3. The normalized spacial score (nSPS) is 18.9. The molecule has 2 aliphatic rings. The summed E-state index contributed by atoms with van der Waals surface area (Å²) < 4.78 is 11.1. The molecule has 7 heteroatoms. The first-order chi connectivity index (χ1) is 16.4. The molecule has 0 fully saturated rings. The first-order valence-electron chi connectivity index (χ1n) is 12.1. The quantitative estimate of drug-likeness (QED) is 0.334. The number of Topliss-reactive ketones (excluding diaryl/α,β-unsaturated/α-hetero) is 1. The summed E-state index contributed by atoms with van der Waals surface area (Å²) in [6.07, 6.45) is 0.451. The van der Waals surface area contributed by atoms with Gasteiger partial charge in [0, 0.05) is 49.7 Å². The van der Waals surface area contributed by atoms with E-state index in [1.54, 1.807) is 0 Å². The van der Waals surface area contributed by atoms with E-state index in [4.69, 9.17) is 9.47 Å². The summed E-state index contributed by atoms with van der Waals surface area (Å²) >= 11 is 0. The molecule has 2 aromatic rings. The number of carbonyl (C=O) groups is 3. The van der Waals surface area contributed by atoms with Crippen LogP contribution >= 0.6 is 0 Å². The summed E-state index contributed by atoms with van der Waals surface area (Å²) in [5, 5.41) is 0. The predicted molar refractivity (Wildman–Crippen MR) is 131 cm³/mol. The van der Waals surface area contributed by atoms with Crippen LogP contribution in [0.1, 0.15) is 38.8 Å². The lowest BCUT2D eigenvalue weighted by molar-refractivity contribution is -0.151. The summed E-state index contributed by atoms with van der Waals surface area (Å²) in [7, 11) is 0. The summed E-state index contributed by atoms with van der Waals surface area (Å²) in [5.41, 5.74) is 3.53. The highest BCUT2D eigenvalue weighted by atomic mass is 16.5. The number of benzene rings is 2. The van der Waals surface area contributed by atoms with Crippen molar-refractivity contribution in [3.63, 3.8) is 0 Å². The van der Waals surface area contributed by atoms with Gasteiger partial charge < -0.3 is 19.3 Å². The van der Waals surface area contributed by atoms with E-state index >= 15 is 0 Å². The van der Waals surface area contributed by atoms with Crippen molar-refractivity contribution >= 4 is 29.1 Å². The largest absolute Gasteiger partial charge is 0.426 e. The highest BCUT2D eigenvalue weighted by molar-refractivity contribution is 6.10. The minimum absolute atomic E-state index is 0.225. The number of hydrogen-bond acceptors (Lipinski definition) is 7. The van der Waals surface area contributed by atoms with Gasteiger partial charge in [0.1, 0.15) is 23.3 Å². The van der Waals surface area contributed by atoms with Crippen molar-refractivity contribution < 1.29 is 23.9 Å². The molecular formula is C27H32N2O5. The Morgan fingerprint density at radius 2 is 1.12 bits per heavy atom. The van der Waals surface area contributed by atoms with Crippen LogP contribution in [0, 0.1) is 11.8 Å². The van der Waals surface area contributed by atoms with Gasteiger partial charge in [-0.25, -0.2) is 0 Å². The molecule has 180 valence electrons. The van der Waals surface area contributed by atoms with Gasteiger partial charge in [0.2, 0.25) is 0 Å². The molecule has 0 aliphatic carbocycles. The van der Waals surface area contributed by atoms with E-state index in [0.717, 1.165) is 48.7 Å². The van der Waals surface area contributed by atoms with Crippen LogP contribution in [0.4, 0.5) is 11.4 Å². The van der Waals surface area contributed by atoms with E-state index in [9.17, 15) is 14.4 Å². The molecule has 2 aromatic carbocycles. The van der Waals surface area contributed by atoms with E-state index in [2.05, 4.69) is 37.5 Å². The second-order valence-electron chi connectivity index (χ2n) is 8.69. The lowest BCUT2D eigenvalue weighted by Gasteiger charge is -2.29. The van der Waals surface area contributed by atoms with Gasteiger partial charge in [-0.05, 0) is 63.8 Å². The molecule has 0 bridgehead atoms. The monoisotopic (exact) mass is 464 g/mol. The van der Waals surface area contributed by atoms with E-state index in [0.29, 0.717) is 11.5 Å². The molecule has 0 saturated heterocycles. The van der Waals surface area contributed by atoms with Crippen LogP contribution in [-0.2, 0) is 27.2 Å². The second-order valence-corrected chi connectivity index (χ2v) is 8.69. The van der Waals surface area contributed by atoms with Crippen LogP contribution in [0.15, 0.2) is 36.4 Å². The van der Waals surface area contributed by atoms with Crippen LogP contribution in [0.3, 0.4) is 0 Å². The van der Waals surface area contributed by atoms with Gasteiger partial charge in [-0.15, -0.1) is 0 Å². The Balaban J connectivity index is 1.52. The van der Waals surface area contributed by atoms with Gasteiger partial charge in [0.15, 0.2) is 5.78 Å². The maximum absolute atomic E-state index is 13.3. The number of fused-ring (bicyclic) bond motifs is 2. The smallest absolute Gasteiger partial charge is 0.322 e. The molecule has 0 saturated carbocycles. The maximum Gasteiger partial charge on any atom is 0.322 e. The zero-order chi connectivity index (χ0) is 24.4. The second kappa shape index (κ2) is 9.87. The number of ether oxygens (including phenoxy) is 2. The Kier molecular flexibility index (Phi) is 6.91. The van der Waals surface area contributed by atoms with Crippen LogP contribution in [-0.4, -0.2) is 43.9 Å². The molecule has 0 radical (unpaired) electrons. The predicted octanol–water partition coefficient (Wildman–Crippen LogP) is 3.80. The number of hydrogen-bond donors (Lipinski definition) is 0. The standard InChI is InChI=1S/C27H32N2O5/c1-5-28(6-2)19-11-9-17-13-21(26(31)33-23(17)15-19)25(30)22-14-18-10-12-20(29(7-3)8-4)16-24(18)34-27(22)32/h9-12,15-16,21-22H,5-8,13-14H2,1-4H3. The Bertz CT molecular complexity index is 1020. The highest BCUT2D eigenvalue weighted by Crippen LogP contribution is 2.37. The number of anilines is 2. The number of esters is 2. The molecule has 2 heterocycles. The lowest BCUT2D eigenvalue weighted by atomic mass is 9.82. The highest BCUT2D eigenvalue weighted by Gasteiger charge is 2.43.